The molecule has 1 aliphatic rings. The Morgan fingerprint density at radius 2 is 1.81 bits per heavy atom. The molecule has 0 heterocycles. The van der Waals surface area contributed by atoms with Gasteiger partial charge in [-0.05, 0) is 37.6 Å². The number of hydrogen-bond donors (Lipinski definition) is 2. The van der Waals surface area contributed by atoms with Crippen molar-refractivity contribution in [1.29, 1.82) is 0 Å². The molecule has 0 unspecified atom stereocenters. The second-order valence-electron chi connectivity index (χ2n) is 6.72. The van der Waals surface area contributed by atoms with E-state index in [1.165, 1.54) is 6.42 Å². The van der Waals surface area contributed by atoms with Crippen LogP contribution in [0.1, 0.15) is 37.7 Å². The molecule has 1 aromatic rings. The van der Waals surface area contributed by atoms with Gasteiger partial charge in [-0.25, -0.2) is 4.79 Å². The molecule has 3 amide bonds. The monoisotopic (exact) mass is 363 g/mol. The number of amides is 3. The van der Waals surface area contributed by atoms with E-state index in [0.29, 0.717) is 18.0 Å². The van der Waals surface area contributed by atoms with Crippen LogP contribution in [0.15, 0.2) is 18.2 Å². The number of hydrogen-bond acceptors (Lipinski definition) is 5. The minimum Gasteiger partial charge on any atom is -0.493 e. The number of urea groups is 1. The molecule has 0 aromatic heterocycles. The van der Waals surface area contributed by atoms with E-state index in [1.54, 1.807) is 14.2 Å². The summed E-state index contributed by atoms with van der Waals surface area (Å²) in [5.41, 5.74) is 0.990. The molecule has 144 valence electrons. The van der Waals surface area contributed by atoms with Crippen LogP contribution < -0.4 is 20.1 Å². The molecule has 1 fully saturated rings. The maximum Gasteiger partial charge on any atom is 0.321 e. The van der Waals surface area contributed by atoms with Crippen molar-refractivity contribution in [3.05, 3.63) is 23.8 Å². The Labute approximate surface area is 155 Å². The molecule has 1 aromatic carbocycles. The molecular formula is C19H29N3O4. The number of methoxy groups -OCH3 is 2. The summed E-state index contributed by atoms with van der Waals surface area (Å²) >= 11 is 0. The van der Waals surface area contributed by atoms with E-state index in [9.17, 15) is 9.59 Å². The van der Waals surface area contributed by atoms with Crippen LogP contribution >= 0.6 is 0 Å². The van der Waals surface area contributed by atoms with Crippen LogP contribution in [0.3, 0.4) is 0 Å². The largest absolute Gasteiger partial charge is 0.493 e. The minimum absolute atomic E-state index is 0.131. The van der Waals surface area contributed by atoms with Crippen LogP contribution in [0.2, 0.25) is 0 Å². The number of nitrogens with zero attached hydrogens (tertiary/aromatic N) is 1. The summed E-state index contributed by atoms with van der Waals surface area (Å²) in [6, 6.07) is 5.41. The van der Waals surface area contributed by atoms with Gasteiger partial charge in [-0.2, -0.15) is 0 Å². The topological polar surface area (TPSA) is 79.9 Å². The van der Waals surface area contributed by atoms with Crippen molar-refractivity contribution in [2.24, 2.45) is 0 Å². The Balaban J connectivity index is 1.78. The van der Waals surface area contributed by atoms with E-state index < -0.39 is 6.03 Å². The highest BCUT2D eigenvalue weighted by Crippen LogP contribution is 2.27. The van der Waals surface area contributed by atoms with Crippen LogP contribution in [0.5, 0.6) is 11.5 Å². The normalized spacial score (nSPS) is 14.8. The van der Waals surface area contributed by atoms with Gasteiger partial charge in [-0.1, -0.05) is 25.3 Å². The first-order valence-electron chi connectivity index (χ1n) is 9.01. The number of benzene rings is 1. The average Bonchev–Trinajstić information content (AvgIpc) is 2.61. The van der Waals surface area contributed by atoms with Crippen molar-refractivity contribution in [3.8, 4) is 11.5 Å². The lowest BCUT2D eigenvalue weighted by molar-refractivity contribution is -0.121. The van der Waals surface area contributed by atoms with Crippen LogP contribution in [-0.2, 0) is 11.3 Å². The van der Waals surface area contributed by atoms with E-state index in [0.717, 1.165) is 31.2 Å². The second-order valence-corrected chi connectivity index (χ2v) is 6.72. The third-order valence-corrected chi connectivity index (χ3v) is 4.51. The van der Waals surface area contributed by atoms with Crippen molar-refractivity contribution in [3.63, 3.8) is 0 Å². The zero-order chi connectivity index (χ0) is 18.9. The van der Waals surface area contributed by atoms with E-state index >= 15 is 0 Å². The van der Waals surface area contributed by atoms with Gasteiger partial charge in [0.25, 0.3) is 0 Å². The van der Waals surface area contributed by atoms with Gasteiger partial charge < -0.3 is 14.8 Å². The summed E-state index contributed by atoms with van der Waals surface area (Å²) in [7, 11) is 5.01. The summed E-state index contributed by atoms with van der Waals surface area (Å²) in [4.78, 5) is 25.8. The first-order chi connectivity index (χ1) is 12.5. The van der Waals surface area contributed by atoms with Gasteiger partial charge >= 0.3 is 6.03 Å². The first kappa shape index (κ1) is 20.0. The van der Waals surface area contributed by atoms with Crippen molar-refractivity contribution < 1.29 is 19.1 Å². The molecular weight excluding hydrogens is 334 g/mol. The summed E-state index contributed by atoms with van der Waals surface area (Å²) in [6.07, 6.45) is 5.46. The number of rotatable bonds is 7. The average molecular weight is 363 g/mol. The quantitative estimate of drug-likeness (QED) is 0.777. The second kappa shape index (κ2) is 10.0. The lowest BCUT2D eigenvalue weighted by Crippen LogP contribution is -2.47. The van der Waals surface area contributed by atoms with Gasteiger partial charge in [-0.3, -0.25) is 15.0 Å². The van der Waals surface area contributed by atoms with Crippen LogP contribution in [0, 0.1) is 0 Å². The van der Waals surface area contributed by atoms with Crippen molar-refractivity contribution in [2.75, 3.05) is 27.8 Å². The number of ether oxygens (including phenoxy) is 2. The summed E-state index contributed by atoms with van der Waals surface area (Å²) in [5.74, 6) is 0.993. The highest BCUT2D eigenvalue weighted by molar-refractivity contribution is 5.95. The molecule has 1 aliphatic carbocycles. The van der Waals surface area contributed by atoms with Gasteiger partial charge in [0.05, 0.1) is 20.8 Å². The highest BCUT2D eigenvalue weighted by Gasteiger charge is 2.17. The zero-order valence-corrected chi connectivity index (χ0v) is 15.8. The molecule has 7 heteroatoms. The van der Waals surface area contributed by atoms with Gasteiger partial charge in [0.2, 0.25) is 5.91 Å². The van der Waals surface area contributed by atoms with Gasteiger partial charge in [-0.15, -0.1) is 0 Å². The van der Waals surface area contributed by atoms with Crippen molar-refractivity contribution in [2.45, 2.75) is 44.7 Å². The molecule has 2 N–H and O–H groups in total. The predicted octanol–water partition coefficient (Wildman–Crippen LogP) is 2.29. The predicted molar refractivity (Wildman–Crippen MR) is 99.4 cm³/mol. The zero-order valence-electron chi connectivity index (χ0n) is 15.8. The standard InChI is InChI=1S/C19H29N3O4/c1-22(12-14-9-10-16(25-2)17(11-14)26-3)13-18(23)21-19(24)20-15-7-5-4-6-8-15/h9-11,15H,4-8,12-13H2,1-3H3,(H2,20,21,23,24). The van der Waals surface area contributed by atoms with Crippen molar-refractivity contribution >= 4 is 11.9 Å². The molecule has 0 spiro atoms. The van der Waals surface area contributed by atoms with E-state index in [1.807, 2.05) is 30.1 Å². The van der Waals surface area contributed by atoms with E-state index in [-0.39, 0.29) is 18.5 Å². The number of likely N-dealkylation sites (N-methyl/N-ethyl adjacent to an activating group) is 1. The summed E-state index contributed by atoms with van der Waals surface area (Å²) < 4.78 is 10.5. The molecule has 0 saturated heterocycles. The molecule has 1 saturated carbocycles. The third-order valence-electron chi connectivity index (χ3n) is 4.51. The van der Waals surface area contributed by atoms with Crippen molar-refractivity contribution in [1.82, 2.24) is 15.5 Å². The number of imide groups is 1. The molecule has 26 heavy (non-hydrogen) atoms. The molecule has 0 atom stereocenters. The first-order valence-corrected chi connectivity index (χ1v) is 9.01. The molecule has 0 radical (unpaired) electrons. The van der Waals surface area contributed by atoms with Crippen LogP contribution in [-0.4, -0.2) is 50.7 Å². The maximum absolute atomic E-state index is 12.1. The minimum atomic E-state index is -0.401. The number of carbonyl (C=O) groups excluding carboxylic acids is 2. The van der Waals surface area contributed by atoms with Crippen LogP contribution in [0.4, 0.5) is 4.79 Å². The smallest absolute Gasteiger partial charge is 0.321 e. The van der Waals surface area contributed by atoms with E-state index in [2.05, 4.69) is 10.6 Å². The lowest BCUT2D eigenvalue weighted by atomic mass is 9.96. The number of nitrogens with one attached hydrogen (secondary N) is 2. The molecule has 2 rings (SSSR count). The fourth-order valence-corrected chi connectivity index (χ4v) is 3.23. The summed E-state index contributed by atoms with van der Waals surface area (Å²) in [5, 5.41) is 5.29. The fourth-order valence-electron chi connectivity index (χ4n) is 3.23. The van der Waals surface area contributed by atoms with Gasteiger partial charge in [0, 0.05) is 12.6 Å². The Morgan fingerprint density at radius 1 is 1.12 bits per heavy atom. The fraction of sp³-hybridized carbons (Fsp3) is 0.579. The Kier molecular flexibility index (Phi) is 7.72. The maximum atomic E-state index is 12.1. The summed E-state index contributed by atoms with van der Waals surface area (Å²) in [6.45, 7) is 0.685. The molecule has 0 bridgehead atoms. The third kappa shape index (κ3) is 6.22. The number of carbonyl (C=O) groups is 2. The van der Waals surface area contributed by atoms with Gasteiger partial charge in [0.15, 0.2) is 11.5 Å². The Hall–Kier alpha value is -2.28. The Morgan fingerprint density at radius 3 is 2.46 bits per heavy atom. The molecule has 7 nitrogen and oxygen atoms in total. The SMILES string of the molecule is COc1ccc(CN(C)CC(=O)NC(=O)NC2CCCCC2)cc1OC. The van der Waals surface area contributed by atoms with E-state index in [4.69, 9.17) is 9.47 Å². The molecule has 0 aliphatic heterocycles. The highest BCUT2D eigenvalue weighted by atomic mass is 16.5. The van der Waals surface area contributed by atoms with Gasteiger partial charge in [0.1, 0.15) is 0 Å². The Bertz CT molecular complexity index is 615. The lowest BCUT2D eigenvalue weighted by Gasteiger charge is -2.23. The van der Waals surface area contributed by atoms with Crippen LogP contribution in [0.25, 0.3) is 0 Å².